The van der Waals surface area contributed by atoms with Gasteiger partial charge in [0.25, 0.3) is 0 Å². The maximum atomic E-state index is 12.7. The van der Waals surface area contributed by atoms with E-state index in [4.69, 9.17) is 19.5 Å². The molecule has 2 amide bonds. The van der Waals surface area contributed by atoms with Crippen molar-refractivity contribution in [3.05, 3.63) is 18.6 Å². The van der Waals surface area contributed by atoms with Crippen LogP contribution in [0, 0.1) is 5.41 Å². The van der Waals surface area contributed by atoms with Gasteiger partial charge in [-0.05, 0) is 12.5 Å². The first-order chi connectivity index (χ1) is 24.6. The molecule has 22 nitrogen and oxygen atoms in total. The monoisotopic (exact) mass is 855 g/mol. The van der Waals surface area contributed by atoms with E-state index in [0.717, 1.165) is 6.42 Å². The fourth-order valence-electron chi connectivity index (χ4n) is 4.55. The molecule has 0 saturated carbocycles. The summed E-state index contributed by atoms with van der Waals surface area (Å²) in [7, 11) is -12.9. The number of aliphatic hydroxyl groups is 2. The van der Waals surface area contributed by atoms with Gasteiger partial charge in [0.1, 0.15) is 30.6 Å². The second kappa shape index (κ2) is 19.4. The molecule has 11 N–H and O–H groups in total. The molecule has 53 heavy (non-hydrogen) atoms. The summed E-state index contributed by atoms with van der Waals surface area (Å²) in [4.78, 5) is 70.7. The number of H-pyrrole nitrogens is 1. The van der Waals surface area contributed by atoms with Gasteiger partial charge in [-0.2, -0.15) is 4.31 Å². The van der Waals surface area contributed by atoms with Gasteiger partial charge in [-0.3, -0.25) is 28.1 Å². The van der Waals surface area contributed by atoms with Crippen molar-refractivity contribution in [3.8, 4) is 0 Å². The summed E-state index contributed by atoms with van der Waals surface area (Å²) in [6.07, 6.45) is -5.07. The number of rotatable bonds is 22. The topological polar surface area (TPSA) is 336 Å². The van der Waals surface area contributed by atoms with Gasteiger partial charge in [-0.25, -0.2) is 18.3 Å². The highest BCUT2D eigenvalue weighted by molar-refractivity contribution is 8.76. The number of nitrogen functional groups attached to an aromatic ring is 1. The zero-order valence-corrected chi connectivity index (χ0v) is 33.4. The molecule has 1 aliphatic heterocycles. The number of carbonyl (C=O) groups excluding carboxylic acids is 2. The SMILES string of the molecule is CCC(C)SSCCNC(=O)CCNC(=O)[C@@H](O)C(C)(C)COP(=O)(O)OP(=O)(O)OC[C@H]1O[C@@H]([n+]2c[nH]c3c(N)ccnc32)C(O)[C@H]1OP(=O)(O)O. The number of hydrogen-bond acceptors (Lipinski definition) is 16. The summed E-state index contributed by atoms with van der Waals surface area (Å²) in [5.74, 6) is -0.543. The molecule has 0 spiro atoms. The summed E-state index contributed by atoms with van der Waals surface area (Å²) >= 11 is 0. The first-order valence-corrected chi connectivity index (χ1v) is 22.8. The Hall–Kier alpha value is -1.69. The number of aliphatic hydroxyl groups excluding tert-OH is 2. The Kier molecular flexibility index (Phi) is 16.8. The second-order valence-electron chi connectivity index (χ2n) is 12.4. The minimum absolute atomic E-state index is 0.0735. The maximum absolute atomic E-state index is 12.7. The summed E-state index contributed by atoms with van der Waals surface area (Å²) in [6.45, 7) is 5.13. The van der Waals surface area contributed by atoms with Crippen LogP contribution in [0.3, 0.4) is 0 Å². The van der Waals surface area contributed by atoms with Crippen LogP contribution in [0.5, 0.6) is 0 Å². The number of hydrogen-bond donors (Lipinski definition) is 10. The average Bonchev–Trinajstić information content (AvgIpc) is 3.62. The molecule has 1 aliphatic rings. The molecule has 2 aromatic heterocycles. The summed E-state index contributed by atoms with van der Waals surface area (Å²) in [6, 6.07) is 1.48. The molecule has 0 aromatic carbocycles. The zero-order valence-electron chi connectivity index (χ0n) is 29.0. The highest BCUT2D eigenvalue weighted by Gasteiger charge is 2.52. The van der Waals surface area contributed by atoms with E-state index in [0.29, 0.717) is 23.1 Å². The van der Waals surface area contributed by atoms with Crippen molar-refractivity contribution in [2.45, 2.75) is 76.4 Å². The third-order valence-electron chi connectivity index (χ3n) is 7.56. The fourth-order valence-corrected chi connectivity index (χ4v) is 9.67. The Morgan fingerprint density at radius 2 is 1.83 bits per heavy atom. The lowest BCUT2D eigenvalue weighted by molar-refractivity contribution is -0.745. The number of nitrogens with one attached hydrogen (secondary N) is 3. The van der Waals surface area contributed by atoms with E-state index in [1.807, 2.05) is 0 Å². The van der Waals surface area contributed by atoms with Gasteiger partial charge in [-0.1, -0.05) is 49.3 Å². The largest absolute Gasteiger partial charge is 0.481 e. The highest BCUT2D eigenvalue weighted by atomic mass is 33.1. The first kappa shape index (κ1) is 45.7. The van der Waals surface area contributed by atoms with Crippen molar-refractivity contribution in [1.29, 1.82) is 0 Å². The molecule has 0 radical (unpaired) electrons. The normalized spacial score (nSPS) is 22.9. The van der Waals surface area contributed by atoms with E-state index in [-0.39, 0.29) is 30.2 Å². The van der Waals surface area contributed by atoms with Gasteiger partial charge in [0.05, 0.1) is 18.9 Å². The molecular formula is C26H46N6O16P3S2+. The van der Waals surface area contributed by atoms with E-state index in [1.165, 1.54) is 37.0 Å². The number of carbonyl (C=O) groups is 2. The molecule has 2 aromatic rings. The van der Waals surface area contributed by atoms with E-state index in [1.54, 1.807) is 21.6 Å². The number of nitrogens with two attached hydrogens (primary N) is 1. The Labute approximate surface area is 312 Å². The predicted octanol–water partition coefficient (Wildman–Crippen LogP) is 0.609. The van der Waals surface area contributed by atoms with Crippen LogP contribution in [0.4, 0.5) is 5.69 Å². The van der Waals surface area contributed by atoms with Crippen molar-refractivity contribution in [1.82, 2.24) is 20.6 Å². The second-order valence-corrected chi connectivity index (χ2v) is 19.6. The highest BCUT2D eigenvalue weighted by Crippen LogP contribution is 2.61. The van der Waals surface area contributed by atoms with Crippen LogP contribution < -0.4 is 20.9 Å². The number of anilines is 1. The number of aromatic nitrogens is 3. The number of nitrogens with zero attached hydrogens (tertiary/aromatic N) is 2. The van der Waals surface area contributed by atoms with Crippen molar-refractivity contribution in [2.75, 3.05) is 37.8 Å². The Balaban J connectivity index is 1.51. The molecule has 3 rings (SSSR count). The van der Waals surface area contributed by atoms with Crippen LogP contribution in [-0.2, 0) is 45.9 Å². The smallest absolute Gasteiger partial charge is 0.396 e. The van der Waals surface area contributed by atoms with Crippen molar-refractivity contribution < 1.29 is 80.3 Å². The minimum atomic E-state index is -5.53. The van der Waals surface area contributed by atoms with E-state index < -0.39 is 78.6 Å². The molecular weight excluding hydrogens is 809 g/mol. The standard InChI is InChI=1S/C26H45N6O16P3S2/c1-5-15(2)53-52-11-10-28-18(33)7-9-30-24(36)22(35)26(3,4)13-45-51(42,43)48-50(40,41)44-12-17-21(47-49(37,38)39)20(34)25(46-17)32-14-31-19-16(27)6-8-29-23(19)32/h6,8,14-15,17,20-22,25,34-35H,5,7,9-13H2,1-4H3,(H8,27,28,29,30,33,36,37,38,39,40,41,42,43)/p+1/t15?,17-,20?,21+,22-,25-/m1/s1. The van der Waals surface area contributed by atoms with Crippen molar-refractivity contribution in [2.24, 2.45) is 5.41 Å². The van der Waals surface area contributed by atoms with E-state index >= 15 is 0 Å². The lowest BCUT2D eigenvalue weighted by Crippen LogP contribution is -2.46. The lowest BCUT2D eigenvalue weighted by atomic mass is 9.87. The van der Waals surface area contributed by atoms with Crippen LogP contribution in [-0.4, -0.2) is 113 Å². The van der Waals surface area contributed by atoms with Crippen LogP contribution in [0.2, 0.25) is 0 Å². The number of fused-ring (bicyclic) bond motifs is 1. The van der Waals surface area contributed by atoms with Gasteiger partial charge < -0.3 is 50.9 Å². The molecule has 0 aliphatic carbocycles. The van der Waals surface area contributed by atoms with Crippen LogP contribution in [0.25, 0.3) is 11.2 Å². The minimum Gasteiger partial charge on any atom is -0.396 e. The molecule has 3 heterocycles. The first-order valence-electron chi connectivity index (χ1n) is 15.9. The number of imidazole rings is 1. The number of aromatic amines is 1. The molecule has 1 fully saturated rings. The quantitative estimate of drug-likeness (QED) is 0.0336. The Morgan fingerprint density at radius 1 is 1.15 bits per heavy atom. The van der Waals surface area contributed by atoms with Crippen LogP contribution >= 0.6 is 45.1 Å². The molecule has 1 saturated heterocycles. The van der Waals surface area contributed by atoms with E-state index in [2.05, 4.69) is 43.3 Å². The fraction of sp³-hybridized carbons (Fsp3) is 0.692. The summed E-state index contributed by atoms with van der Waals surface area (Å²) in [5.41, 5.74) is 5.09. The number of phosphoric ester groups is 3. The average molecular weight is 856 g/mol. The third kappa shape index (κ3) is 14.1. The number of amides is 2. The third-order valence-corrected chi connectivity index (χ3v) is 13.7. The van der Waals surface area contributed by atoms with E-state index in [9.17, 15) is 53.1 Å². The Bertz CT molecular complexity index is 1700. The molecule has 27 heteroatoms. The molecule has 8 atom stereocenters. The predicted molar refractivity (Wildman–Crippen MR) is 190 cm³/mol. The number of ether oxygens (including phenoxy) is 1. The number of phosphoric acid groups is 3. The van der Waals surface area contributed by atoms with Gasteiger partial charge in [0, 0.05) is 35.9 Å². The molecule has 4 unspecified atom stereocenters. The maximum Gasteiger partial charge on any atom is 0.481 e. The van der Waals surface area contributed by atoms with Crippen molar-refractivity contribution in [3.63, 3.8) is 0 Å². The van der Waals surface area contributed by atoms with Crippen LogP contribution in [0.1, 0.15) is 46.8 Å². The van der Waals surface area contributed by atoms with Gasteiger partial charge in [0.15, 0.2) is 11.8 Å². The summed E-state index contributed by atoms with van der Waals surface area (Å²) in [5, 5.41) is 27.0. The lowest BCUT2D eigenvalue weighted by Gasteiger charge is -2.30. The molecule has 302 valence electrons. The Morgan fingerprint density at radius 3 is 2.49 bits per heavy atom. The number of pyridine rings is 1. The van der Waals surface area contributed by atoms with Gasteiger partial charge in [-0.15, -0.1) is 4.98 Å². The van der Waals surface area contributed by atoms with Crippen LogP contribution in [0.15, 0.2) is 18.6 Å². The zero-order chi connectivity index (χ0) is 39.8. The van der Waals surface area contributed by atoms with Crippen molar-refractivity contribution >= 4 is 73.7 Å². The van der Waals surface area contributed by atoms with Gasteiger partial charge in [0.2, 0.25) is 18.0 Å². The molecule has 0 bridgehead atoms. The summed E-state index contributed by atoms with van der Waals surface area (Å²) < 4.78 is 62.3. The van der Waals surface area contributed by atoms with Gasteiger partial charge >= 0.3 is 29.1 Å².